The van der Waals surface area contributed by atoms with Crippen LogP contribution in [0.2, 0.25) is 0 Å². The van der Waals surface area contributed by atoms with Gasteiger partial charge in [-0.1, -0.05) is 19.9 Å². The van der Waals surface area contributed by atoms with Crippen LogP contribution in [0.5, 0.6) is 0 Å². The summed E-state index contributed by atoms with van der Waals surface area (Å²) in [6.45, 7) is 5.91. The number of nitrogen functional groups attached to an aromatic ring is 1. The van der Waals surface area contributed by atoms with E-state index in [4.69, 9.17) is 5.73 Å². The molecule has 0 aliphatic heterocycles. The second-order valence-corrected chi connectivity index (χ2v) is 4.37. The van der Waals surface area contributed by atoms with E-state index >= 15 is 0 Å². The molecule has 0 saturated carbocycles. The molecule has 3 heteroatoms. The lowest BCUT2D eigenvalue weighted by molar-refractivity contribution is 0.157. The fourth-order valence-electron chi connectivity index (χ4n) is 1.84. The standard InChI is InChI=1S/C11H18N2O/c1-8(14)7-11(2,3)9-5-4-6-13-10(9)12/h4-6,8,14H,7H2,1-3H3,(H2,12,13). The molecule has 1 unspecified atom stereocenters. The number of hydrogen-bond donors (Lipinski definition) is 2. The molecule has 1 heterocycles. The van der Waals surface area contributed by atoms with E-state index in [1.165, 1.54) is 0 Å². The van der Waals surface area contributed by atoms with Gasteiger partial charge < -0.3 is 10.8 Å². The Balaban J connectivity index is 2.97. The molecule has 0 bridgehead atoms. The number of rotatable bonds is 3. The van der Waals surface area contributed by atoms with Gasteiger partial charge in [-0.25, -0.2) is 4.98 Å². The number of aliphatic hydroxyl groups is 1. The third kappa shape index (κ3) is 2.45. The van der Waals surface area contributed by atoms with Gasteiger partial charge in [0.05, 0.1) is 6.10 Å². The predicted octanol–water partition coefficient (Wildman–Crippen LogP) is 1.71. The van der Waals surface area contributed by atoms with Gasteiger partial charge in [-0.2, -0.15) is 0 Å². The summed E-state index contributed by atoms with van der Waals surface area (Å²) < 4.78 is 0. The number of hydrogen-bond acceptors (Lipinski definition) is 3. The lowest BCUT2D eigenvalue weighted by Crippen LogP contribution is -2.24. The minimum Gasteiger partial charge on any atom is -0.393 e. The van der Waals surface area contributed by atoms with E-state index in [2.05, 4.69) is 18.8 Å². The van der Waals surface area contributed by atoms with Crippen LogP contribution in [0.4, 0.5) is 5.82 Å². The molecule has 78 valence electrons. The lowest BCUT2D eigenvalue weighted by Gasteiger charge is -2.27. The Morgan fingerprint density at radius 2 is 2.21 bits per heavy atom. The number of nitrogens with zero attached hydrogens (tertiary/aromatic N) is 1. The van der Waals surface area contributed by atoms with Crippen LogP contribution in [0, 0.1) is 0 Å². The van der Waals surface area contributed by atoms with Gasteiger partial charge in [-0.05, 0) is 30.4 Å². The maximum absolute atomic E-state index is 9.38. The van der Waals surface area contributed by atoms with Crippen molar-refractivity contribution in [1.29, 1.82) is 0 Å². The first-order chi connectivity index (χ1) is 6.43. The van der Waals surface area contributed by atoms with Crippen LogP contribution in [0.25, 0.3) is 0 Å². The van der Waals surface area contributed by atoms with Crippen molar-refractivity contribution in [2.24, 2.45) is 0 Å². The van der Waals surface area contributed by atoms with Crippen LogP contribution in [-0.4, -0.2) is 16.2 Å². The van der Waals surface area contributed by atoms with Crippen molar-refractivity contribution in [2.45, 2.75) is 38.7 Å². The first kappa shape index (κ1) is 11.0. The van der Waals surface area contributed by atoms with E-state index in [0.717, 1.165) is 5.56 Å². The fourth-order valence-corrected chi connectivity index (χ4v) is 1.84. The Hall–Kier alpha value is -1.09. The van der Waals surface area contributed by atoms with Gasteiger partial charge in [0.1, 0.15) is 5.82 Å². The second kappa shape index (κ2) is 3.96. The minimum absolute atomic E-state index is 0.132. The van der Waals surface area contributed by atoms with Crippen molar-refractivity contribution >= 4 is 5.82 Å². The molecule has 0 aliphatic carbocycles. The van der Waals surface area contributed by atoms with Crippen LogP contribution in [0.3, 0.4) is 0 Å². The molecule has 1 atom stereocenters. The fraction of sp³-hybridized carbons (Fsp3) is 0.545. The van der Waals surface area contributed by atoms with Gasteiger partial charge in [-0.15, -0.1) is 0 Å². The van der Waals surface area contributed by atoms with Gasteiger partial charge in [0, 0.05) is 6.20 Å². The first-order valence-electron chi connectivity index (χ1n) is 4.82. The average Bonchev–Trinajstić information content (AvgIpc) is 2.02. The Labute approximate surface area is 85.0 Å². The van der Waals surface area contributed by atoms with Gasteiger partial charge in [-0.3, -0.25) is 0 Å². The topological polar surface area (TPSA) is 59.1 Å². The maximum Gasteiger partial charge on any atom is 0.127 e. The minimum atomic E-state index is -0.329. The molecule has 1 rings (SSSR count). The van der Waals surface area contributed by atoms with E-state index in [1.54, 1.807) is 13.1 Å². The number of aromatic nitrogens is 1. The molecule has 1 aromatic rings. The Morgan fingerprint density at radius 1 is 1.57 bits per heavy atom. The molecule has 0 fully saturated rings. The summed E-state index contributed by atoms with van der Waals surface area (Å²) in [5.74, 6) is 0.554. The van der Waals surface area contributed by atoms with Crippen molar-refractivity contribution in [2.75, 3.05) is 5.73 Å². The molecular weight excluding hydrogens is 176 g/mol. The zero-order valence-corrected chi connectivity index (χ0v) is 8.99. The Kier molecular flexibility index (Phi) is 3.11. The van der Waals surface area contributed by atoms with Crippen molar-refractivity contribution in [3.05, 3.63) is 23.9 Å². The van der Waals surface area contributed by atoms with Gasteiger partial charge in [0.2, 0.25) is 0 Å². The van der Waals surface area contributed by atoms with Crippen LogP contribution in [-0.2, 0) is 5.41 Å². The van der Waals surface area contributed by atoms with Crippen molar-refractivity contribution in [3.63, 3.8) is 0 Å². The summed E-state index contributed by atoms with van der Waals surface area (Å²) in [6, 6.07) is 3.83. The van der Waals surface area contributed by atoms with Crippen molar-refractivity contribution in [1.82, 2.24) is 4.98 Å². The summed E-state index contributed by atoms with van der Waals surface area (Å²) in [7, 11) is 0. The first-order valence-corrected chi connectivity index (χ1v) is 4.82. The van der Waals surface area contributed by atoms with Crippen LogP contribution in [0.1, 0.15) is 32.8 Å². The molecular formula is C11H18N2O. The van der Waals surface area contributed by atoms with Crippen LogP contribution >= 0.6 is 0 Å². The summed E-state index contributed by atoms with van der Waals surface area (Å²) in [5.41, 5.74) is 6.66. The maximum atomic E-state index is 9.38. The third-order valence-electron chi connectivity index (χ3n) is 2.37. The number of anilines is 1. The SMILES string of the molecule is CC(O)CC(C)(C)c1cccnc1N. The predicted molar refractivity (Wildman–Crippen MR) is 58.0 cm³/mol. The molecule has 0 amide bonds. The van der Waals surface area contributed by atoms with Crippen LogP contribution < -0.4 is 5.73 Å². The summed E-state index contributed by atoms with van der Waals surface area (Å²) >= 11 is 0. The van der Waals surface area contributed by atoms with Gasteiger partial charge >= 0.3 is 0 Å². The molecule has 0 saturated heterocycles. The van der Waals surface area contributed by atoms with E-state index in [1.807, 2.05) is 12.1 Å². The van der Waals surface area contributed by atoms with E-state index in [-0.39, 0.29) is 11.5 Å². The van der Waals surface area contributed by atoms with E-state index in [9.17, 15) is 5.11 Å². The quantitative estimate of drug-likeness (QED) is 0.770. The highest BCUT2D eigenvalue weighted by Crippen LogP contribution is 2.31. The zero-order valence-electron chi connectivity index (χ0n) is 8.99. The second-order valence-electron chi connectivity index (χ2n) is 4.37. The monoisotopic (exact) mass is 194 g/mol. The molecule has 0 aliphatic rings. The molecule has 0 aromatic carbocycles. The lowest BCUT2D eigenvalue weighted by atomic mass is 9.80. The molecule has 3 N–H and O–H groups in total. The Bertz CT molecular complexity index is 308. The summed E-state index contributed by atoms with van der Waals surface area (Å²) in [6.07, 6.45) is 2.03. The van der Waals surface area contributed by atoms with Crippen LogP contribution in [0.15, 0.2) is 18.3 Å². The largest absolute Gasteiger partial charge is 0.393 e. The molecule has 3 nitrogen and oxygen atoms in total. The summed E-state index contributed by atoms with van der Waals surface area (Å²) in [4.78, 5) is 4.05. The highest BCUT2D eigenvalue weighted by atomic mass is 16.3. The molecule has 14 heavy (non-hydrogen) atoms. The number of pyridine rings is 1. The Morgan fingerprint density at radius 3 is 2.71 bits per heavy atom. The molecule has 1 aromatic heterocycles. The average molecular weight is 194 g/mol. The summed E-state index contributed by atoms with van der Waals surface area (Å²) in [5, 5.41) is 9.38. The van der Waals surface area contributed by atoms with Crippen molar-refractivity contribution in [3.8, 4) is 0 Å². The van der Waals surface area contributed by atoms with E-state index < -0.39 is 0 Å². The van der Waals surface area contributed by atoms with Crippen molar-refractivity contribution < 1.29 is 5.11 Å². The third-order valence-corrected chi connectivity index (χ3v) is 2.37. The number of aliphatic hydroxyl groups excluding tert-OH is 1. The smallest absolute Gasteiger partial charge is 0.127 e. The molecule has 0 radical (unpaired) electrons. The van der Waals surface area contributed by atoms with Gasteiger partial charge in [0.25, 0.3) is 0 Å². The molecule has 0 spiro atoms. The zero-order chi connectivity index (χ0) is 10.8. The van der Waals surface area contributed by atoms with E-state index in [0.29, 0.717) is 12.2 Å². The highest BCUT2D eigenvalue weighted by Gasteiger charge is 2.24. The number of nitrogens with two attached hydrogens (primary N) is 1. The normalized spacial score (nSPS) is 14.0. The highest BCUT2D eigenvalue weighted by molar-refractivity contribution is 5.43. The van der Waals surface area contributed by atoms with Gasteiger partial charge in [0.15, 0.2) is 0 Å².